The average Bonchev–Trinajstić information content (AvgIpc) is 2.82. The first-order valence-corrected chi connectivity index (χ1v) is 8.21. The van der Waals surface area contributed by atoms with Gasteiger partial charge >= 0.3 is 0 Å². The van der Waals surface area contributed by atoms with Gasteiger partial charge in [0, 0.05) is 11.6 Å². The Balaban J connectivity index is 1.80. The van der Waals surface area contributed by atoms with Crippen LogP contribution in [0.2, 0.25) is 0 Å². The molecular formula is C11H15IN2OS2. The minimum Gasteiger partial charge on any atom is -0.472 e. The molecule has 3 nitrogen and oxygen atoms in total. The molecule has 1 aliphatic heterocycles. The molecule has 1 aromatic rings. The molecule has 1 aromatic heterocycles. The molecule has 1 aliphatic rings. The lowest BCUT2D eigenvalue weighted by molar-refractivity contribution is 0.108. The first-order chi connectivity index (χ1) is 7.95. The van der Waals surface area contributed by atoms with Crippen LogP contribution in [0.25, 0.3) is 0 Å². The number of thiazole rings is 1. The Kier molecular flexibility index (Phi) is 4.25. The van der Waals surface area contributed by atoms with Gasteiger partial charge in [0.15, 0.2) is 9.24 Å². The van der Waals surface area contributed by atoms with E-state index in [1.165, 1.54) is 4.21 Å². The Morgan fingerprint density at radius 1 is 1.59 bits per heavy atom. The van der Waals surface area contributed by atoms with Gasteiger partial charge in [-0.3, -0.25) is 0 Å². The summed E-state index contributed by atoms with van der Waals surface area (Å²) in [6, 6.07) is 0. The highest BCUT2D eigenvalue weighted by Crippen LogP contribution is 2.32. The Bertz CT molecular complexity index is 425. The number of nitrogens with zero attached hydrogens (tertiary/aromatic N) is 1. The van der Waals surface area contributed by atoms with Crippen molar-refractivity contribution in [1.29, 1.82) is 0 Å². The lowest BCUT2D eigenvalue weighted by Gasteiger charge is -2.21. The van der Waals surface area contributed by atoms with Crippen molar-refractivity contribution in [2.45, 2.75) is 31.2 Å². The monoisotopic (exact) mass is 382 g/mol. The molecule has 0 amide bonds. The molecule has 0 radical (unpaired) electrons. The minimum atomic E-state index is 0.0757. The second-order valence-corrected chi connectivity index (χ2v) is 8.88. The highest BCUT2D eigenvalue weighted by Gasteiger charge is 2.26. The van der Waals surface area contributed by atoms with Crippen LogP contribution in [-0.4, -0.2) is 17.0 Å². The van der Waals surface area contributed by atoms with Gasteiger partial charge in [0.1, 0.15) is 5.76 Å². The summed E-state index contributed by atoms with van der Waals surface area (Å²) in [6.07, 6.45) is 3.99. The van der Waals surface area contributed by atoms with Gasteiger partial charge in [0.05, 0.1) is 16.2 Å². The minimum absolute atomic E-state index is 0.0757. The summed E-state index contributed by atoms with van der Waals surface area (Å²) in [5.41, 5.74) is 0.0757. The van der Waals surface area contributed by atoms with E-state index in [-0.39, 0.29) is 11.6 Å². The van der Waals surface area contributed by atoms with E-state index in [1.807, 2.05) is 12.4 Å². The molecular weight excluding hydrogens is 367 g/mol. The van der Waals surface area contributed by atoms with Crippen LogP contribution in [0.4, 0.5) is 0 Å². The number of halogens is 1. The van der Waals surface area contributed by atoms with Crippen LogP contribution < -0.4 is 5.32 Å². The largest absolute Gasteiger partial charge is 0.472 e. The van der Waals surface area contributed by atoms with E-state index in [1.54, 1.807) is 23.1 Å². The third kappa shape index (κ3) is 3.75. The van der Waals surface area contributed by atoms with Gasteiger partial charge in [0.2, 0.25) is 0 Å². The number of hydrogen-bond donors (Lipinski definition) is 1. The molecule has 0 aliphatic carbocycles. The maximum Gasteiger partial charge on any atom is 0.178 e. The lowest BCUT2D eigenvalue weighted by Crippen LogP contribution is -2.24. The standard InChI is InChI=1S/C11H15IN2OS2/c1-11(2,3)7-4-13-8(15-7)6-16-9-5-14-10(12)17-9/h4-5,8,13H,6H2,1-3H3/t8-/m1/s1. The maximum atomic E-state index is 5.87. The van der Waals surface area contributed by atoms with Crippen molar-refractivity contribution in [2.75, 3.05) is 5.75 Å². The van der Waals surface area contributed by atoms with Crippen LogP contribution in [0.3, 0.4) is 0 Å². The molecule has 0 saturated heterocycles. The molecule has 2 heterocycles. The van der Waals surface area contributed by atoms with Gasteiger partial charge < -0.3 is 10.1 Å². The fourth-order valence-electron chi connectivity index (χ4n) is 1.33. The van der Waals surface area contributed by atoms with Crippen LogP contribution in [0.15, 0.2) is 22.4 Å². The van der Waals surface area contributed by atoms with Crippen LogP contribution in [0, 0.1) is 8.43 Å². The number of thioether (sulfide) groups is 1. The summed E-state index contributed by atoms with van der Waals surface area (Å²) in [5, 5.41) is 3.27. The maximum absolute atomic E-state index is 5.87. The van der Waals surface area contributed by atoms with E-state index in [2.05, 4.69) is 53.7 Å². The second kappa shape index (κ2) is 5.36. The molecule has 0 bridgehead atoms. The zero-order valence-electron chi connectivity index (χ0n) is 9.99. The van der Waals surface area contributed by atoms with Crippen LogP contribution in [0.1, 0.15) is 20.8 Å². The molecule has 0 aromatic carbocycles. The summed E-state index contributed by atoms with van der Waals surface area (Å²) in [7, 11) is 0. The molecule has 0 saturated carbocycles. The number of rotatable bonds is 3. The second-order valence-electron chi connectivity index (χ2n) is 4.78. The average molecular weight is 382 g/mol. The fourth-order valence-corrected chi connectivity index (χ4v) is 4.29. The smallest absolute Gasteiger partial charge is 0.178 e. The van der Waals surface area contributed by atoms with E-state index in [4.69, 9.17) is 4.74 Å². The summed E-state index contributed by atoms with van der Waals surface area (Å²) in [6.45, 7) is 6.46. The lowest BCUT2D eigenvalue weighted by atomic mass is 9.95. The predicted molar refractivity (Wildman–Crippen MR) is 81.1 cm³/mol. The zero-order valence-corrected chi connectivity index (χ0v) is 13.8. The van der Waals surface area contributed by atoms with Gasteiger partial charge in [-0.05, 0) is 22.6 Å². The van der Waals surface area contributed by atoms with Gasteiger partial charge in [0.25, 0.3) is 0 Å². The quantitative estimate of drug-likeness (QED) is 0.639. The summed E-state index contributed by atoms with van der Waals surface area (Å²) in [4.78, 5) is 4.23. The number of ether oxygens (including phenoxy) is 1. The highest BCUT2D eigenvalue weighted by molar-refractivity contribution is 14.1. The number of nitrogens with one attached hydrogen (secondary N) is 1. The fraction of sp³-hybridized carbons (Fsp3) is 0.545. The van der Waals surface area contributed by atoms with Crippen LogP contribution in [-0.2, 0) is 4.74 Å². The summed E-state index contributed by atoms with van der Waals surface area (Å²) < 4.78 is 8.19. The Labute approximate surface area is 124 Å². The van der Waals surface area contributed by atoms with Gasteiger partial charge in [-0.1, -0.05) is 20.8 Å². The Morgan fingerprint density at radius 2 is 2.35 bits per heavy atom. The molecule has 0 unspecified atom stereocenters. The van der Waals surface area contributed by atoms with Gasteiger partial charge in [-0.2, -0.15) is 0 Å². The topological polar surface area (TPSA) is 34.2 Å². The van der Waals surface area contributed by atoms with Crippen molar-refractivity contribution in [2.24, 2.45) is 5.41 Å². The van der Waals surface area contributed by atoms with Crippen molar-refractivity contribution in [3.8, 4) is 0 Å². The molecule has 94 valence electrons. The van der Waals surface area contributed by atoms with Gasteiger partial charge in [-0.15, -0.1) is 23.1 Å². The van der Waals surface area contributed by atoms with Crippen molar-refractivity contribution in [1.82, 2.24) is 10.3 Å². The number of allylic oxidation sites excluding steroid dienone is 1. The zero-order chi connectivity index (χ0) is 12.5. The third-order valence-electron chi connectivity index (χ3n) is 2.24. The van der Waals surface area contributed by atoms with E-state index in [9.17, 15) is 0 Å². The molecule has 0 spiro atoms. The SMILES string of the molecule is CC(C)(C)C1=CN[C@@H](CSc2cnc(I)s2)O1. The number of hydrogen-bond acceptors (Lipinski definition) is 5. The first-order valence-electron chi connectivity index (χ1n) is 5.32. The van der Waals surface area contributed by atoms with Crippen molar-refractivity contribution >= 4 is 45.7 Å². The summed E-state index contributed by atoms with van der Waals surface area (Å²) >= 11 is 5.74. The third-order valence-corrected chi connectivity index (χ3v) is 5.22. The first kappa shape index (κ1) is 13.5. The van der Waals surface area contributed by atoms with Crippen molar-refractivity contribution in [3.05, 3.63) is 21.2 Å². The van der Waals surface area contributed by atoms with E-state index >= 15 is 0 Å². The Hall–Kier alpha value is 0.0500. The molecule has 1 N–H and O–H groups in total. The molecule has 17 heavy (non-hydrogen) atoms. The van der Waals surface area contributed by atoms with Crippen LogP contribution in [0.5, 0.6) is 0 Å². The van der Waals surface area contributed by atoms with E-state index in [0.717, 1.165) is 14.5 Å². The molecule has 6 heteroatoms. The van der Waals surface area contributed by atoms with Crippen LogP contribution >= 0.6 is 45.7 Å². The normalized spacial score (nSPS) is 19.8. The van der Waals surface area contributed by atoms with E-state index in [0.29, 0.717) is 0 Å². The highest BCUT2D eigenvalue weighted by atomic mass is 127. The molecule has 2 rings (SSSR count). The molecule has 0 fully saturated rings. The predicted octanol–water partition coefficient (Wildman–Crippen LogP) is 3.67. The molecule has 1 atom stereocenters. The Morgan fingerprint density at radius 3 is 2.88 bits per heavy atom. The van der Waals surface area contributed by atoms with Crippen molar-refractivity contribution in [3.63, 3.8) is 0 Å². The van der Waals surface area contributed by atoms with E-state index < -0.39 is 0 Å². The number of aromatic nitrogens is 1. The van der Waals surface area contributed by atoms with Crippen molar-refractivity contribution < 1.29 is 4.74 Å². The summed E-state index contributed by atoms with van der Waals surface area (Å²) in [5.74, 6) is 1.93. The van der Waals surface area contributed by atoms with Gasteiger partial charge in [-0.25, -0.2) is 4.98 Å².